The molecule has 1 aromatic rings. The number of benzene rings is 1. The molecule has 1 rings (SSSR count). The summed E-state index contributed by atoms with van der Waals surface area (Å²) in [7, 11) is 0. The van der Waals surface area contributed by atoms with E-state index in [4.69, 9.17) is 5.26 Å². The molecular formula is C11H9FN. The van der Waals surface area contributed by atoms with Crippen molar-refractivity contribution in [3.05, 3.63) is 53.7 Å². The van der Waals surface area contributed by atoms with Crippen LogP contribution in [-0.2, 0) is 0 Å². The minimum atomic E-state index is -0.485. The highest BCUT2D eigenvalue weighted by atomic mass is 19.1. The van der Waals surface area contributed by atoms with Crippen LogP contribution in [-0.4, -0.2) is 0 Å². The molecule has 0 saturated carbocycles. The first kappa shape index (κ1) is 9.47. The Hall–Kier alpha value is -1.62. The van der Waals surface area contributed by atoms with Gasteiger partial charge >= 0.3 is 0 Å². The Labute approximate surface area is 77.1 Å². The minimum absolute atomic E-state index is 0.0832. The number of rotatable bonds is 2. The minimum Gasteiger partial charge on any atom is -0.206 e. The summed E-state index contributed by atoms with van der Waals surface area (Å²) in [5.74, 6) is 0.317. The molecule has 0 unspecified atom stereocenters. The monoisotopic (exact) mass is 174 g/mol. The van der Waals surface area contributed by atoms with Gasteiger partial charge in [-0.25, -0.2) is 4.39 Å². The van der Waals surface area contributed by atoms with Crippen LogP contribution in [0.25, 0.3) is 0 Å². The van der Waals surface area contributed by atoms with Gasteiger partial charge in [0, 0.05) is 5.92 Å². The van der Waals surface area contributed by atoms with Gasteiger partial charge in [0.15, 0.2) is 0 Å². The lowest BCUT2D eigenvalue weighted by atomic mass is 9.96. The average Bonchev–Trinajstić information content (AvgIpc) is 2.16. The predicted molar refractivity (Wildman–Crippen MR) is 49.3 cm³/mol. The van der Waals surface area contributed by atoms with E-state index in [1.54, 1.807) is 25.1 Å². The van der Waals surface area contributed by atoms with Crippen molar-refractivity contribution < 1.29 is 4.39 Å². The first-order valence-electron chi connectivity index (χ1n) is 3.85. The van der Waals surface area contributed by atoms with E-state index < -0.39 is 5.82 Å². The lowest BCUT2D eigenvalue weighted by molar-refractivity contribution is 0.622. The Kier molecular flexibility index (Phi) is 2.81. The van der Waals surface area contributed by atoms with Crippen LogP contribution in [0.3, 0.4) is 0 Å². The maximum Gasteiger partial charge on any atom is 0.141 e. The molecule has 0 aliphatic heterocycles. The molecule has 0 heterocycles. The summed E-state index contributed by atoms with van der Waals surface area (Å²) >= 11 is 0. The summed E-state index contributed by atoms with van der Waals surface area (Å²) in [5, 5.41) is 8.71. The van der Waals surface area contributed by atoms with Crippen LogP contribution in [0, 0.1) is 23.1 Å². The number of hydrogen-bond donors (Lipinski definition) is 0. The number of nitriles is 1. The van der Waals surface area contributed by atoms with Gasteiger partial charge in [-0.2, -0.15) is 5.26 Å². The van der Waals surface area contributed by atoms with Gasteiger partial charge in [0.2, 0.25) is 0 Å². The summed E-state index contributed by atoms with van der Waals surface area (Å²) in [6.07, 6.45) is 1.61. The highest BCUT2D eigenvalue weighted by molar-refractivity contribution is 5.48. The Balaban J connectivity index is 3.29. The highest BCUT2D eigenvalue weighted by Gasteiger charge is 2.11. The van der Waals surface area contributed by atoms with E-state index >= 15 is 0 Å². The van der Waals surface area contributed by atoms with Crippen molar-refractivity contribution in [1.82, 2.24) is 0 Å². The molecule has 2 heteroatoms. The van der Waals surface area contributed by atoms with Crippen LogP contribution in [0.1, 0.15) is 18.1 Å². The zero-order chi connectivity index (χ0) is 9.84. The molecule has 1 nitrogen and oxygen atoms in total. The quantitative estimate of drug-likeness (QED) is 0.676. The topological polar surface area (TPSA) is 23.8 Å². The predicted octanol–water partition coefficient (Wildman–Crippen LogP) is 2.83. The third-order valence-electron chi connectivity index (χ3n) is 1.86. The van der Waals surface area contributed by atoms with E-state index in [0.717, 1.165) is 5.92 Å². The molecular weight excluding hydrogens is 165 g/mol. The summed E-state index contributed by atoms with van der Waals surface area (Å²) in [6.45, 7) is 5.37. The summed E-state index contributed by atoms with van der Waals surface area (Å²) in [4.78, 5) is 0. The zero-order valence-electron chi connectivity index (χ0n) is 7.34. The molecule has 0 amide bonds. The SMILES string of the molecule is C=C[C](C)c1cccc(F)c1C#N. The van der Waals surface area contributed by atoms with E-state index in [2.05, 4.69) is 6.58 Å². The average molecular weight is 174 g/mol. The highest BCUT2D eigenvalue weighted by Crippen LogP contribution is 2.21. The first-order valence-corrected chi connectivity index (χ1v) is 3.85. The van der Waals surface area contributed by atoms with Gasteiger partial charge in [-0.15, -0.1) is 6.58 Å². The van der Waals surface area contributed by atoms with Gasteiger partial charge in [-0.05, 0) is 11.6 Å². The molecule has 1 aromatic carbocycles. The molecule has 13 heavy (non-hydrogen) atoms. The van der Waals surface area contributed by atoms with Crippen molar-refractivity contribution in [3.63, 3.8) is 0 Å². The van der Waals surface area contributed by atoms with E-state index in [1.807, 2.05) is 6.07 Å². The number of allylic oxidation sites excluding steroid dienone is 1. The molecule has 0 bridgehead atoms. The van der Waals surface area contributed by atoms with Crippen molar-refractivity contribution in [1.29, 1.82) is 5.26 Å². The van der Waals surface area contributed by atoms with Crippen molar-refractivity contribution >= 4 is 0 Å². The van der Waals surface area contributed by atoms with Gasteiger partial charge < -0.3 is 0 Å². The van der Waals surface area contributed by atoms with E-state index in [9.17, 15) is 4.39 Å². The van der Waals surface area contributed by atoms with Crippen LogP contribution in [0.15, 0.2) is 30.9 Å². The summed E-state index contributed by atoms with van der Waals surface area (Å²) < 4.78 is 13.1. The molecule has 0 fully saturated rings. The fraction of sp³-hybridized carbons (Fsp3) is 0.0909. The van der Waals surface area contributed by atoms with E-state index in [1.165, 1.54) is 6.07 Å². The lowest BCUT2D eigenvalue weighted by Gasteiger charge is -2.07. The fourth-order valence-corrected chi connectivity index (χ4v) is 1.08. The lowest BCUT2D eigenvalue weighted by Crippen LogP contribution is -1.97. The fourth-order valence-electron chi connectivity index (χ4n) is 1.08. The zero-order valence-corrected chi connectivity index (χ0v) is 7.34. The first-order chi connectivity index (χ1) is 6.20. The second kappa shape index (κ2) is 3.86. The van der Waals surface area contributed by atoms with Gasteiger partial charge in [0.1, 0.15) is 11.9 Å². The second-order valence-electron chi connectivity index (χ2n) is 2.66. The largest absolute Gasteiger partial charge is 0.206 e. The number of nitrogens with zero attached hydrogens (tertiary/aromatic N) is 1. The molecule has 0 saturated heterocycles. The molecule has 0 aromatic heterocycles. The van der Waals surface area contributed by atoms with Gasteiger partial charge in [-0.3, -0.25) is 0 Å². The standard InChI is InChI=1S/C11H9FN/c1-3-8(2)9-5-4-6-11(12)10(9)7-13/h3-6H,1H2,2H3. The van der Waals surface area contributed by atoms with Crippen LogP contribution in [0.4, 0.5) is 4.39 Å². The maximum atomic E-state index is 13.1. The number of hydrogen-bond acceptors (Lipinski definition) is 1. The smallest absolute Gasteiger partial charge is 0.141 e. The van der Waals surface area contributed by atoms with Gasteiger partial charge in [0.05, 0.1) is 5.56 Å². The third kappa shape index (κ3) is 1.75. The van der Waals surface area contributed by atoms with Crippen LogP contribution < -0.4 is 0 Å². The molecule has 0 spiro atoms. The Morgan fingerprint density at radius 3 is 2.85 bits per heavy atom. The van der Waals surface area contributed by atoms with Gasteiger partial charge in [0.25, 0.3) is 0 Å². The van der Waals surface area contributed by atoms with E-state index in [0.29, 0.717) is 5.56 Å². The molecule has 0 aliphatic rings. The van der Waals surface area contributed by atoms with Crippen molar-refractivity contribution in [2.45, 2.75) is 6.92 Å². The molecule has 65 valence electrons. The Morgan fingerprint density at radius 1 is 1.62 bits per heavy atom. The summed E-state index contributed by atoms with van der Waals surface area (Å²) in [5.41, 5.74) is 0.692. The second-order valence-corrected chi connectivity index (χ2v) is 2.66. The summed E-state index contributed by atoms with van der Waals surface area (Å²) in [6, 6.07) is 6.40. The Bertz CT molecular complexity index is 363. The number of halogens is 1. The van der Waals surface area contributed by atoms with Crippen LogP contribution >= 0.6 is 0 Å². The maximum absolute atomic E-state index is 13.1. The molecule has 1 radical (unpaired) electrons. The van der Waals surface area contributed by atoms with E-state index in [-0.39, 0.29) is 5.56 Å². The van der Waals surface area contributed by atoms with Crippen molar-refractivity contribution in [2.75, 3.05) is 0 Å². The normalized spacial score (nSPS) is 9.69. The molecule has 0 atom stereocenters. The molecule has 0 N–H and O–H groups in total. The molecule has 0 aliphatic carbocycles. The van der Waals surface area contributed by atoms with Crippen LogP contribution in [0.2, 0.25) is 0 Å². The third-order valence-corrected chi connectivity index (χ3v) is 1.86. The van der Waals surface area contributed by atoms with Crippen molar-refractivity contribution in [2.24, 2.45) is 0 Å². The van der Waals surface area contributed by atoms with Crippen LogP contribution in [0.5, 0.6) is 0 Å². The van der Waals surface area contributed by atoms with Gasteiger partial charge in [-0.1, -0.05) is 25.1 Å². The Morgan fingerprint density at radius 2 is 2.31 bits per heavy atom. The van der Waals surface area contributed by atoms with Crippen molar-refractivity contribution in [3.8, 4) is 6.07 Å².